The van der Waals surface area contributed by atoms with Crippen molar-refractivity contribution in [3.05, 3.63) is 29.3 Å². The van der Waals surface area contributed by atoms with E-state index in [0.29, 0.717) is 31.4 Å². The molecule has 2 fully saturated rings. The second kappa shape index (κ2) is 7.31. The first-order valence-corrected chi connectivity index (χ1v) is 8.10. The van der Waals surface area contributed by atoms with E-state index < -0.39 is 6.10 Å². The van der Waals surface area contributed by atoms with Crippen LogP contribution in [-0.2, 0) is 14.3 Å². The highest BCUT2D eigenvalue weighted by Crippen LogP contribution is 2.21. The molecule has 2 aliphatic heterocycles. The second-order valence-corrected chi connectivity index (χ2v) is 6.12. The van der Waals surface area contributed by atoms with Crippen LogP contribution in [0, 0.1) is 0 Å². The Bertz CT molecular complexity index is 520. The molecule has 0 spiro atoms. The number of anilines is 1. The fourth-order valence-electron chi connectivity index (χ4n) is 2.85. The van der Waals surface area contributed by atoms with Crippen LogP contribution < -0.4 is 10.2 Å². The zero-order valence-electron chi connectivity index (χ0n) is 12.5. The van der Waals surface area contributed by atoms with Gasteiger partial charge in [-0.2, -0.15) is 0 Å². The molecule has 1 atom stereocenters. The fourth-order valence-corrected chi connectivity index (χ4v) is 3.04. The predicted molar refractivity (Wildman–Crippen MR) is 85.4 cm³/mol. The van der Waals surface area contributed by atoms with Gasteiger partial charge in [-0.3, -0.25) is 4.79 Å². The van der Waals surface area contributed by atoms with Gasteiger partial charge in [-0.25, -0.2) is 0 Å². The molecule has 0 aromatic heterocycles. The summed E-state index contributed by atoms with van der Waals surface area (Å²) >= 11 is 6.04. The molecule has 0 radical (unpaired) electrons. The Balaban J connectivity index is 1.58. The molecule has 0 bridgehead atoms. The van der Waals surface area contributed by atoms with Crippen molar-refractivity contribution in [2.75, 3.05) is 37.8 Å². The first kappa shape index (κ1) is 15.6. The zero-order chi connectivity index (χ0) is 15.4. The third-order valence-electron chi connectivity index (χ3n) is 4.10. The van der Waals surface area contributed by atoms with Gasteiger partial charge in [0.15, 0.2) is 6.10 Å². The lowest BCUT2D eigenvalue weighted by Crippen LogP contribution is -2.52. The molecule has 2 saturated heterocycles. The van der Waals surface area contributed by atoms with Gasteiger partial charge in [0.05, 0.1) is 13.2 Å². The molecule has 22 heavy (non-hydrogen) atoms. The molecule has 3 rings (SSSR count). The summed E-state index contributed by atoms with van der Waals surface area (Å²) < 4.78 is 11.0. The van der Waals surface area contributed by atoms with Gasteiger partial charge in [0.25, 0.3) is 5.91 Å². The number of carbonyl (C=O) groups is 1. The van der Waals surface area contributed by atoms with E-state index in [0.717, 1.165) is 25.1 Å². The third kappa shape index (κ3) is 3.91. The van der Waals surface area contributed by atoms with Crippen LogP contribution in [0.3, 0.4) is 0 Å². The standard InChI is InChI=1S/C16H21ClN2O3/c17-12-2-1-3-14(10-12)19-6-9-22-15(11-19)16(20)18-13-4-7-21-8-5-13/h1-3,10,13,15H,4-9,11H2,(H,18,20)/t15-/m0/s1. The molecule has 120 valence electrons. The van der Waals surface area contributed by atoms with Gasteiger partial charge in [0.1, 0.15) is 0 Å². The molecule has 5 nitrogen and oxygen atoms in total. The molecule has 2 aliphatic rings. The van der Waals surface area contributed by atoms with Gasteiger partial charge in [-0.15, -0.1) is 0 Å². The number of ether oxygens (including phenoxy) is 2. The minimum absolute atomic E-state index is 0.0290. The van der Waals surface area contributed by atoms with Crippen LogP contribution in [0.1, 0.15) is 12.8 Å². The summed E-state index contributed by atoms with van der Waals surface area (Å²) in [6.07, 6.45) is 1.31. The summed E-state index contributed by atoms with van der Waals surface area (Å²) in [7, 11) is 0. The Hall–Kier alpha value is -1.30. The van der Waals surface area contributed by atoms with Gasteiger partial charge in [-0.1, -0.05) is 17.7 Å². The Morgan fingerprint density at radius 3 is 2.86 bits per heavy atom. The van der Waals surface area contributed by atoms with Crippen molar-refractivity contribution in [1.82, 2.24) is 5.32 Å². The summed E-state index contributed by atoms with van der Waals surface area (Å²) in [6, 6.07) is 7.89. The van der Waals surface area contributed by atoms with E-state index in [-0.39, 0.29) is 11.9 Å². The Morgan fingerprint density at radius 2 is 2.09 bits per heavy atom. The van der Waals surface area contributed by atoms with Crippen molar-refractivity contribution < 1.29 is 14.3 Å². The van der Waals surface area contributed by atoms with E-state index in [1.54, 1.807) is 0 Å². The number of hydrogen-bond acceptors (Lipinski definition) is 4. The molecule has 2 heterocycles. The van der Waals surface area contributed by atoms with E-state index in [9.17, 15) is 4.79 Å². The Kier molecular flexibility index (Phi) is 5.18. The number of morpholine rings is 1. The van der Waals surface area contributed by atoms with Crippen LogP contribution >= 0.6 is 11.6 Å². The number of nitrogens with one attached hydrogen (secondary N) is 1. The summed E-state index contributed by atoms with van der Waals surface area (Å²) in [5.74, 6) is -0.0290. The van der Waals surface area contributed by atoms with Gasteiger partial charge in [0.2, 0.25) is 0 Å². The quantitative estimate of drug-likeness (QED) is 0.922. The lowest BCUT2D eigenvalue weighted by molar-refractivity contribution is -0.134. The van der Waals surface area contributed by atoms with E-state index in [2.05, 4.69) is 10.2 Å². The first-order chi connectivity index (χ1) is 10.7. The maximum absolute atomic E-state index is 12.4. The lowest BCUT2D eigenvalue weighted by atomic mass is 10.1. The Morgan fingerprint density at radius 1 is 1.27 bits per heavy atom. The maximum atomic E-state index is 12.4. The third-order valence-corrected chi connectivity index (χ3v) is 4.34. The SMILES string of the molecule is O=C(NC1CCOCC1)[C@@H]1CN(c2cccc(Cl)c2)CCO1. The average Bonchev–Trinajstić information content (AvgIpc) is 2.56. The number of benzene rings is 1. The largest absolute Gasteiger partial charge is 0.381 e. The molecule has 1 aromatic carbocycles. The lowest BCUT2D eigenvalue weighted by Gasteiger charge is -2.35. The number of halogens is 1. The van der Waals surface area contributed by atoms with Crippen LogP contribution in [0.15, 0.2) is 24.3 Å². The van der Waals surface area contributed by atoms with Crippen molar-refractivity contribution >= 4 is 23.2 Å². The van der Waals surface area contributed by atoms with Crippen molar-refractivity contribution in [3.8, 4) is 0 Å². The highest BCUT2D eigenvalue weighted by Gasteiger charge is 2.28. The first-order valence-electron chi connectivity index (χ1n) is 7.72. The second-order valence-electron chi connectivity index (χ2n) is 5.68. The van der Waals surface area contributed by atoms with Gasteiger partial charge >= 0.3 is 0 Å². The fraction of sp³-hybridized carbons (Fsp3) is 0.562. The molecule has 1 amide bonds. The Labute approximate surface area is 135 Å². The smallest absolute Gasteiger partial charge is 0.251 e. The van der Waals surface area contributed by atoms with Crippen molar-refractivity contribution in [3.63, 3.8) is 0 Å². The highest BCUT2D eigenvalue weighted by atomic mass is 35.5. The average molecular weight is 325 g/mol. The predicted octanol–water partition coefficient (Wildman–Crippen LogP) is 1.84. The maximum Gasteiger partial charge on any atom is 0.251 e. The van der Waals surface area contributed by atoms with Gasteiger partial charge in [-0.05, 0) is 31.0 Å². The number of nitrogens with zero attached hydrogens (tertiary/aromatic N) is 1. The van der Waals surface area contributed by atoms with Crippen LogP contribution in [0.4, 0.5) is 5.69 Å². The highest BCUT2D eigenvalue weighted by molar-refractivity contribution is 6.30. The molecule has 1 N–H and O–H groups in total. The van der Waals surface area contributed by atoms with E-state index in [1.807, 2.05) is 24.3 Å². The van der Waals surface area contributed by atoms with Crippen molar-refractivity contribution in [2.24, 2.45) is 0 Å². The molecule has 0 unspecified atom stereocenters. The molecule has 0 aliphatic carbocycles. The zero-order valence-corrected chi connectivity index (χ0v) is 13.2. The topological polar surface area (TPSA) is 50.8 Å². The van der Waals surface area contributed by atoms with E-state index >= 15 is 0 Å². The minimum atomic E-state index is -0.435. The van der Waals surface area contributed by atoms with Crippen molar-refractivity contribution in [2.45, 2.75) is 25.0 Å². The normalized spacial score (nSPS) is 23.3. The number of hydrogen-bond donors (Lipinski definition) is 1. The van der Waals surface area contributed by atoms with Crippen LogP contribution in [0.5, 0.6) is 0 Å². The molecule has 0 saturated carbocycles. The van der Waals surface area contributed by atoms with Crippen LogP contribution in [-0.4, -0.2) is 51.0 Å². The summed E-state index contributed by atoms with van der Waals surface area (Å²) in [5.41, 5.74) is 1.03. The molecular formula is C16H21ClN2O3. The number of amides is 1. The monoisotopic (exact) mass is 324 g/mol. The summed E-state index contributed by atoms with van der Waals surface area (Å²) in [6.45, 7) is 3.28. The molecule has 1 aromatic rings. The van der Waals surface area contributed by atoms with E-state index in [1.165, 1.54) is 0 Å². The van der Waals surface area contributed by atoms with Crippen LogP contribution in [0.2, 0.25) is 5.02 Å². The minimum Gasteiger partial charge on any atom is -0.381 e. The van der Waals surface area contributed by atoms with Gasteiger partial charge in [0, 0.05) is 36.5 Å². The molecular weight excluding hydrogens is 304 g/mol. The van der Waals surface area contributed by atoms with Gasteiger partial charge < -0.3 is 19.7 Å². The molecule has 6 heteroatoms. The van der Waals surface area contributed by atoms with Crippen molar-refractivity contribution in [1.29, 1.82) is 0 Å². The van der Waals surface area contributed by atoms with Crippen LogP contribution in [0.25, 0.3) is 0 Å². The summed E-state index contributed by atoms with van der Waals surface area (Å²) in [5, 5.41) is 3.78. The van der Waals surface area contributed by atoms with E-state index in [4.69, 9.17) is 21.1 Å². The number of rotatable bonds is 3. The number of carbonyl (C=O) groups excluding carboxylic acids is 1. The summed E-state index contributed by atoms with van der Waals surface area (Å²) in [4.78, 5) is 14.5.